The molecule has 1 aliphatic rings. The molecule has 4 rings (SSSR count). The maximum absolute atomic E-state index is 4.33. The smallest absolute Gasteiger partial charge is 0.206 e. The molecule has 0 radical (unpaired) electrons. The first-order valence-corrected chi connectivity index (χ1v) is 9.03. The van der Waals surface area contributed by atoms with E-state index >= 15 is 0 Å². The summed E-state index contributed by atoms with van der Waals surface area (Å²) in [4.78, 5) is 4.11. The summed E-state index contributed by atoms with van der Waals surface area (Å²) >= 11 is 1.66. The lowest BCUT2D eigenvalue weighted by atomic mass is 10.1. The predicted octanol–water partition coefficient (Wildman–Crippen LogP) is 2.84. The molecule has 1 aliphatic carbocycles. The van der Waals surface area contributed by atoms with Crippen LogP contribution in [0.2, 0.25) is 0 Å². The third kappa shape index (κ3) is 3.59. The molecule has 3 aromatic rings. The van der Waals surface area contributed by atoms with Crippen LogP contribution in [0.1, 0.15) is 47.9 Å². The summed E-state index contributed by atoms with van der Waals surface area (Å²) in [5.41, 5.74) is 1.99. The van der Waals surface area contributed by atoms with E-state index in [9.17, 15) is 0 Å². The number of rotatable bonds is 6. The van der Waals surface area contributed by atoms with Crippen molar-refractivity contribution in [2.75, 3.05) is 5.32 Å². The minimum absolute atomic E-state index is 0.604. The van der Waals surface area contributed by atoms with Gasteiger partial charge in [-0.05, 0) is 24.5 Å². The third-order valence-corrected chi connectivity index (χ3v) is 5.26. The monoisotopic (exact) mass is 341 g/mol. The highest BCUT2D eigenvalue weighted by Gasteiger charge is 2.21. The molecule has 0 amide bonds. The van der Waals surface area contributed by atoms with Gasteiger partial charge in [0.15, 0.2) is 0 Å². The number of aromatic nitrogens is 6. The minimum Gasteiger partial charge on any atom is -0.354 e. The number of pyridine rings is 1. The molecule has 0 atom stereocenters. The first-order valence-electron chi connectivity index (χ1n) is 8.22. The van der Waals surface area contributed by atoms with E-state index in [2.05, 4.69) is 30.8 Å². The van der Waals surface area contributed by atoms with Crippen molar-refractivity contribution in [2.24, 2.45) is 0 Å². The Morgan fingerprint density at radius 2 is 2.12 bits per heavy atom. The molecule has 1 fully saturated rings. The molecule has 3 aromatic heterocycles. The maximum Gasteiger partial charge on any atom is 0.206 e. The normalized spacial score (nSPS) is 15.0. The van der Waals surface area contributed by atoms with Gasteiger partial charge in [-0.15, -0.1) is 15.3 Å². The van der Waals surface area contributed by atoms with E-state index in [4.69, 9.17) is 0 Å². The van der Waals surface area contributed by atoms with Gasteiger partial charge in [-0.3, -0.25) is 4.98 Å². The Kier molecular flexibility index (Phi) is 4.46. The molecule has 0 saturated heterocycles. The fraction of sp³-hybridized carbons (Fsp3) is 0.438. The Balaban J connectivity index is 1.33. The highest BCUT2D eigenvalue weighted by Crippen LogP contribution is 2.36. The van der Waals surface area contributed by atoms with Crippen LogP contribution in [0.15, 0.2) is 30.7 Å². The van der Waals surface area contributed by atoms with E-state index in [1.54, 1.807) is 17.5 Å². The number of anilines is 1. The fourth-order valence-electron chi connectivity index (χ4n) is 2.99. The molecular formula is C16H19N7S. The second-order valence-electron chi connectivity index (χ2n) is 6.05. The van der Waals surface area contributed by atoms with Crippen molar-refractivity contribution >= 4 is 16.5 Å². The quantitative estimate of drug-likeness (QED) is 0.742. The Hall–Kier alpha value is -2.35. The Bertz CT molecular complexity index is 777. The van der Waals surface area contributed by atoms with Gasteiger partial charge in [0.2, 0.25) is 5.13 Å². The molecule has 124 valence electrons. The molecular weight excluding hydrogens is 322 g/mol. The van der Waals surface area contributed by atoms with Gasteiger partial charge in [0.05, 0.1) is 19.3 Å². The highest BCUT2D eigenvalue weighted by molar-refractivity contribution is 7.15. The predicted molar refractivity (Wildman–Crippen MR) is 91.8 cm³/mol. The molecule has 0 aromatic carbocycles. The summed E-state index contributed by atoms with van der Waals surface area (Å²) in [5, 5.41) is 22.3. The molecule has 0 bridgehead atoms. The van der Waals surface area contributed by atoms with Gasteiger partial charge in [-0.1, -0.05) is 35.5 Å². The van der Waals surface area contributed by atoms with Crippen molar-refractivity contribution in [2.45, 2.75) is 44.7 Å². The van der Waals surface area contributed by atoms with Gasteiger partial charge in [-0.2, -0.15) is 0 Å². The Labute approximate surface area is 144 Å². The molecule has 7 nitrogen and oxygen atoms in total. The van der Waals surface area contributed by atoms with Crippen LogP contribution < -0.4 is 5.32 Å². The average molecular weight is 341 g/mol. The van der Waals surface area contributed by atoms with E-state index in [0.29, 0.717) is 19.0 Å². The summed E-state index contributed by atoms with van der Waals surface area (Å²) in [6, 6.07) is 3.95. The van der Waals surface area contributed by atoms with Crippen LogP contribution in [0.25, 0.3) is 0 Å². The SMILES string of the molecule is c1cncc(Cn2cc(CNc3nnc(C4CCCC4)s3)nn2)c1. The summed E-state index contributed by atoms with van der Waals surface area (Å²) in [6.45, 7) is 1.28. The number of nitrogens with one attached hydrogen (secondary N) is 1. The van der Waals surface area contributed by atoms with Crippen LogP contribution in [0, 0.1) is 0 Å². The summed E-state index contributed by atoms with van der Waals surface area (Å²) < 4.78 is 1.82. The van der Waals surface area contributed by atoms with Gasteiger partial charge >= 0.3 is 0 Å². The lowest BCUT2D eigenvalue weighted by molar-refractivity contribution is 0.648. The lowest BCUT2D eigenvalue weighted by Crippen LogP contribution is -2.01. The maximum atomic E-state index is 4.33. The van der Waals surface area contributed by atoms with Crippen LogP contribution in [-0.4, -0.2) is 30.2 Å². The first-order chi connectivity index (χ1) is 11.9. The van der Waals surface area contributed by atoms with Crippen LogP contribution in [0.3, 0.4) is 0 Å². The van der Waals surface area contributed by atoms with Gasteiger partial charge in [0.1, 0.15) is 10.7 Å². The molecule has 8 heteroatoms. The van der Waals surface area contributed by atoms with E-state index in [-0.39, 0.29) is 0 Å². The lowest BCUT2D eigenvalue weighted by Gasteiger charge is -2.01. The molecule has 1 N–H and O–H groups in total. The number of hydrogen-bond acceptors (Lipinski definition) is 7. The fourth-order valence-corrected chi connectivity index (χ4v) is 3.89. The molecule has 3 heterocycles. The Morgan fingerprint density at radius 3 is 2.96 bits per heavy atom. The zero-order valence-corrected chi connectivity index (χ0v) is 14.1. The van der Waals surface area contributed by atoms with Gasteiger partial charge < -0.3 is 5.32 Å². The van der Waals surface area contributed by atoms with Gasteiger partial charge in [0, 0.05) is 18.3 Å². The molecule has 1 saturated carbocycles. The summed E-state index contributed by atoms with van der Waals surface area (Å²) in [5.74, 6) is 0.610. The third-order valence-electron chi connectivity index (χ3n) is 4.22. The van der Waals surface area contributed by atoms with Crippen LogP contribution in [0.5, 0.6) is 0 Å². The Morgan fingerprint density at radius 1 is 1.21 bits per heavy atom. The first kappa shape index (κ1) is 15.2. The van der Waals surface area contributed by atoms with Crippen molar-refractivity contribution in [3.05, 3.63) is 47.0 Å². The average Bonchev–Trinajstić information content (AvgIpc) is 3.35. The van der Waals surface area contributed by atoms with E-state index in [1.807, 2.05) is 29.2 Å². The van der Waals surface area contributed by atoms with Crippen molar-refractivity contribution in [1.82, 2.24) is 30.2 Å². The van der Waals surface area contributed by atoms with Gasteiger partial charge in [0.25, 0.3) is 0 Å². The van der Waals surface area contributed by atoms with E-state index in [0.717, 1.165) is 21.4 Å². The van der Waals surface area contributed by atoms with Crippen LogP contribution in [-0.2, 0) is 13.1 Å². The molecule has 24 heavy (non-hydrogen) atoms. The van der Waals surface area contributed by atoms with Crippen molar-refractivity contribution in [1.29, 1.82) is 0 Å². The zero-order valence-electron chi connectivity index (χ0n) is 13.3. The topological polar surface area (TPSA) is 81.4 Å². The zero-order chi connectivity index (χ0) is 16.2. The van der Waals surface area contributed by atoms with E-state index in [1.165, 1.54) is 25.7 Å². The molecule has 0 spiro atoms. The van der Waals surface area contributed by atoms with Crippen molar-refractivity contribution < 1.29 is 0 Å². The largest absolute Gasteiger partial charge is 0.354 e. The summed E-state index contributed by atoms with van der Waals surface area (Å²) in [7, 11) is 0. The van der Waals surface area contributed by atoms with Crippen molar-refractivity contribution in [3.63, 3.8) is 0 Å². The van der Waals surface area contributed by atoms with E-state index < -0.39 is 0 Å². The second kappa shape index (κ2) is 7.04. The second-order valence-corrected chi connectivity index (χ2v) is 7.06. The van der Waals surface area contributed by atoms with Crippen LogP contribution >= 0.6 is 11.3 Å². The summed E-state index contributed by atoms with van der Waals surface area (Å²) in [6.07, 6.45) is 10.7. The van der Waals surface area contributed by atoms with Crippen molar-refractivity contribution in [3.8, 4) is 0 Å². The number of hydrogen-bond donors (Lipinski definition) is 1. The minimum atomic E-state index is 0.604. The molecule has 0 aliphatic heterocycles. The standard InChI is InChI=1S/C16H19N7S/c1-2-6-13(5-1)15-20-21-16(24-15)18-9-14-11-23(22-19-14)10-12-4-3-7-17-8-12/h3-4,7-8,11,13H,1-2,5-6,9-10H2,(H,18,21). The highest BCUT2D eigenvalue weighted by atomic mass is 32.1. The number of nitrogens with zero attached hydrogens (tertiary/aromatic N) is 6. The van der Waals surface area contributed by atoms with Crippen LogP contribution in [0.4, 0.5) is 5.13 Å². The molecule has 0 unspecified atom stereocenters. The van der Waals surface area contributed by atoms with Gasteiger partial charge in [-0.25, -0.2) is 4.68 Å².